The van der Waals surface area contributed by atoms with Crippen molar-refractivity contribution in [1.29, 1.82) is 0 Å². The molecule has 2 amide bonds. The van der Waals surface area contributed by atoms with Crippen molar-refractivity contribution in [3.8, 4) is 0 Å². The Bertz CT molecular complexity index is 410. The number of carbonyl (C=O) groups is 2. The van der Waals surface area contributed by atoms with Crippen molar-refractivity contribution in [1.82, 2.24) is 10.6 Å². The van der Waals surface area contributed by atoms with Crippen LogP contribution in [-0.4, -0.2) is 47.3 Å². The molecule has 2 unspecified atom stereocenters. The van der Waals surface area contributed by atoms with Gasteiger partial charge in [-0.1, -0.05) is 50.7 Å². The topological polar surface area (TPSA) is 98.7 Å². The van der Waals surface area contributed by atoms with Crippen LogP contribution >= 0.6 is 0 Å². The van der Waals surface area contributed by atoms with E-state index in [1.54, 1.807) is 13.8 Å². The number of amides is 2. The summed E-state index contributed by atoms with van der Waals surface area (Å²) >= 11 is 0. The lowest BCUT2D eigenvalue weighted by Crippen LogP contribution is -2.30. The molecule has 176 valence electrons. The molecule has 0 aliphatic carbocycles. The summed E-state index contributed by atoms with van der Waals surface area (Å²) in [4.78, 5) is 23.0. The fourth-order valence-electron chi connectivity index (χ4n) is 3.09. The first kappa shape index (κ1) is 28.6. The van der Waals surface area contributed by atoms with E-state index < -0.39 is 12.2 Å². The Kier molecular flexibility index (Phi) is 19.9. The van der Waals surface area contributed by atoms with E-state index in [0.29, 0.717) is 25.9 Å². The second-order valence-electron chi connectivity index (χ2n) is 8.39. The Morgan fingerprint density at radius 3 is 1.33 bits per heavy atom. The van der Waals surface area contributed by atoms with Crippen LogP contribution in [0.15, 0.2) is 12.2 Å². The minimum atomic E-state index is -0.478. The number of unbranched alkanes of at least 4 members (excludes halogenated alkanes) is 10. The Morgan fingerprint density at radius 1 is 0.633 bits per heavy atom. The number of hydrogen-bond acceptors (Lipinski definition) is 4. The number of aliphatic hydroxyl groups excluding tert-OH is 2. The molecule has 30 heavy (non-hydrogen) atoms. The summed E-state index contributed by atoms with van der Waals surface area (Å²) in [5.74, 6) is 0.0779. The van der Waals surface area contributed by atoms with Gasteiger partial charge in [-0.15, -0.1) is 0 Å². The van der Waals surface area contributed by atoms with Crippen LogP contribution in [0.5, 0.6) is 0 Å². The molecule has 2 atom stereocenters. The molecule has 0 saturated carbocycles. The van der Waals surface area contributed by atoms with Gasteiger partial charge in [0.1, 0.15) is 0 Å². The van der Waals surface area contributed by atoms with Crippen molar-refractivity contribution in [3.63, 3.8) is 0 Å². The van der Waals surface area contributed by atoms with Crippen LogP contribution in [0.2, 0.25) is 0 Å². The van der Waals surface area contributed by atoms with Gasteiger partial charge < -0.3 is 20.8 Å². The predicted octanol–water partition coefficient (Wildman–Crippen LogP) is 4.00. The first-order valence-corrected chi connectivity index (χ1v) is 12.0. The van der Waals surface area contributed by atoms with Crippen LogP contribution in [0.25, 0.3) is 0 Å². The van der Waals surface area contributed by atoms with E-state index in [-0.39, 0.29) is 11.8 Å². The summed E-state index contributed by atoms with van der Waals surface area (Å²) in [6.45, 7) is 4.02. The Hall–Kier alpha value is -1.40. The van der Waals surface area contributed by atoms with E-state index in [0.717, 1.165) is 38.5 Å². The summed E-state index contributed by atoms with van der Waals surface area (Å²) in [5, 5.41) is 23.7. The highest BCUT2D eigenvalue weighted by molar-refractivity contribution is 5.76. The van der Waals surface area contributed by atoms with Crippen LogP contribution in [0, 0.1) is 0 Å². The summed E-state index contributed by atoms with van der Waals surface area (Å²) in [5.41, 5.74) is 0. The third kappa shape index (κ3) is 22.9. The van der Waals surface area contributed by atoms with Crippen molar-refractivity contribution in [2.75, 3.05) is 13.1 Å². The van der Waals surface area contributed by atoms with Gasteiger partial charge in [0.05, 0.1) is 12.2 Å². The maximum atomic E-state index is 11.5. The molecular weight excluding hydrogens is 380 g/mol. The van der Waals surface area contributed by atoms with Crippen molar-refractivity contribution < 1.29 is 19.8 Å². The molecule has 0 heterocycles. The molecule has 0 aromatic heterocycles. The second kappa shape index (κ2) is 20.9. The fourth-order valence-corrected chi connectivity index (χ4v) is 3.09. The maximum Gasteiger partial charge on any atom is 0.220 e. The van der Waals surface area contributed by atoms with E-state index in [4.69, 9.17) is 10.2 Å². The third-order valence-electron chi connectivity index (χ3n) is 4.91. The molecule has 0 aliphatic rings. The lowest BCUT2D eigenvalue weighted by Gasteiger charge is -2.06. The standard InChI is InChI=1S/C24H46N2O4/c1-21(27)19-25-23(29)17-15-13-11-9-7-5-3-4-6-8-10-12-14-16-18-24(30)26-20-22(2)28/h3-4,21-22,27-28H,5-20H2,1-2H3,(H,25,29)(H,26,30). The number of aliphatic hydroxyl groups is 2. The van der Waals surface area contributed by atoms with Gasteiger partial charge in [-0.3, -0.25) is 9.59 Å². The highest BCUT2D eigenvalue weighted by atomic mass is 16.3. The highest BCUT2D eigenvalue weighted by Gasteiger charge is 2.03. The van der Waals surface area contributed by atoms with Gasteiger partial charge >= 0.3 is 0 Å². The molecule has 0 bridgehead atoms. The second-order valence-corrected chi connectivity index (χ2v) is 8.39. The third-order valence-corrected chi connectivity index (χ3v) is 4.91. The quantitative estimate of drug-likeness (QED) is 0.175. The number of rotatable bonds is 20. The number of hydrogen-bond donors (Lipinski definition) is 4. The SMILES string of the molecule is CC(O)CNC(=O)CCCCCCCC=CCCCCCCCC(=O)NCC(C)O. The molecule has 0 saturated heterocycles. The van der Waals surface area contributed by atoms with Gasteiger partial charge in [0.25, 0.3) is 0 Å². The molecule has 4 N–H and O–H groups in total. The van der Waals surface area contributed by atoms with Gasteiger partial charge in [-0.25, -0.2) is 0 Å². The monoisotopic (exact) mass is 426 g/mol. The molecule has 6 heteroatoms. The van der Waals surface area contributed by atoms with Gasteiger partial charge in [0, 0.05) is 25.9 Å². The van der Waals surface area contributed by atoms with Gasteiger partial charge in [-0.05, 0) is 52.4 Å². The smallest absolute Gasteiger partial charge is 0.220 e. The molecule has 0 aromatic rings. The minimum Gasteiger partial charge on any atom is -0.392 e. The number of carbonyl (C=O) groups excluding carboxylic acids is 2. The van der Waals surface area contributed by atoms with Crippen LogP contribution in [0.3, 0.4) is 0 Å². The average Bonchev–Trinajstić information content (AvgIpc) is 2.70. The van der Waals surface area contributed by atoms with Crippen LogP contribution < -0.4 is 10.6 Å². The summed E-state index contributed by atoms with van der Waals surface area (Å²) in [6.07, 6.45) is 18.2. The van der Waals surface area contributed by atoms with Crippen molar-refractivity contribution in [2.24, 2.45) is 0 Å². The Balaban J connectivity index is 3.27. The average molecular weight is 427 g/mol. The van der Waals surface area contributed by atoms with E-state index in [1.807, 2.05) is 0 Å². The molecule has 0 spiro atoms. The Labute approximate surface area is 183 Å². The molecule has 0 aromatic carbocycles. The molecule has 6 nitrogen and oxygen atoms in total. The van der Waals surface area contributed by atoms with Gasteiger partial charge in [-0.2, -0.15) is 0 Å². The molecule has 0 aliphatic heterocycles. The first-order valence-electron chi connectivity index (χ1n) is 12.0. The Morgan fingerprint density at radius 2 is 0.967 bits per heavy atom. The van der Waals surface area contributed by atoms with Gasteiger partial charge in [0.15, 0.2) is 0 Å². The lowest BCUT2D eigenvalue weighted by atomic mass is 10.1. The summed E-state index contributed by atoms with van der Waals surface area (Å²) in [7, 11) is 0. The summed E-state index contributed by atoms with van der Waals surface area (Å²) < 4.78 is 0. The van der Waals surface area contributed by atoms with Crippen molar-refractivity contribution in [2.45, 2.75) is 116 Å². The maximum absolute atomic E-state index is 11.5. The minimum absolute atomic E-state index is 0.0389. The number of nitrogens with one attached hydrogen (secondary N) is 2. The van der Waals surface area contributed by atoms with Crippen LogP contribution in [0.4, 0.5) is 0 Å². The zero-order valence-electron chi connectivity index (χ0n) is 19.3. The molecule has 0 fully saturated rings. The van der Waals surface area contributed by atoms with Crippen LogP contribution in [-0.2, 0) is 9.59 Å². The normalized spacial score (nSPS) is 13.3. The van der Waals surface area contributed by atoms with Gasteiger partial charge in [0.2, 0.25) is 11.8 Å². The van der Waals surface area contributed by atoms with E-state index in [9.17, 15) is 9.59 Å². The first-order chi connectivity index (χ1) is 14.4. The zero-order chi connectivity index (χ0) is 22.5. The van der Waals surface area contributed by atoms with Crippen molar-refractivity contribution >= 4 is 11.8 Å². The predicted molar refractivity (Wildman–Crippen MR) is 123 cm³/mol. The van der Waals surface area contributed by atoms with E-state index in [2.05, 4.69) is 22.8 Å². The summed E-state index contributed by atoms with van der Waals surface area (Å²) in [6, 6.07) is 0. The highest BCUT2D eigenvalue weighted by Crippen LogP contribution is 2.10. The van der Waals surface area contributed by atoms with Crippen LogP contribution in [0.1, 0.15) is 104 Å². The van der Waals surface area contributed by atoms with E-state index in [1.165, 1.54) is 38.5 Å². The molecule has 0 radical (unpaired) electrons. The zero-order valence-corrected chi connectivity index (χ0v) is 19.3. The lowest BCUT2D eigenvalue weighted by molar-refractivity contribution is -0.122. The fraction of sp³-hybridized carbons (Fsp3) is 0.833. The van der Waals surface area contributed by atoms with Crippen molar-refractivity contribution in [3.05, 3.63) is 12.2 Å². The molecular formula is C24H46N2O4. The largest absolute Gasteiger partial charge is 0.392 e. The molecule has 0 rings (SSSR count). The van der Waals surface area contributed by atoms with E-state index >= 15 is 0 Å². The number of allylic oxidation sites excluding steroid dienone is 2.